The maximum Gasteiger partial charge on any atom is 0.355 e. The largest absolute Gasteiger partial charge is 0.464 e. The van der Waals surface area contributed by atoms with Gasteiger partial charge in [-0.3, -0.25) is 0 Å². The third-order valence-electron chi connectivity index (χ3n) is 2.67. The first kappa shape index (κ1) is 13.2. The summed E-state index contributed by atoms with van der Waals surface area (Å²) in [7, 11) is 1.27. The minimum absolute atomic E-state index is 0.0486. The highest BCUT2D eigenvalue weighted by Gasteiger charge is 2.12. The van der Waals surface area contributed by atoms with Gasteiger partial charge in [-0.2, -0.15) is 0 Å². The Hall–Kier alpha value is -1.84. The van der Waals surface area contributed by atoms with E-state index in [2.05, 4.69) is 16.0 Å². The second-order valence-electron chi connectivity index (χ2n) is 3.97. The molecule has 0 saturated carbocycles. The van der Waals surface area contributed by atoms with Crippen molar-refractivity contribution in [1.82, 2.24) is 0 Å². The first-order chi connectivity index (χ1) is 8.08. The van der Waals surface area contributed by atoms with Gasteiger partial charge in [0.05, 0.1) is 7.11 Å². The summed E-state index contributed by atoms with van der Waals surface area (Å²) >= 11 is 0. The summed E-state index contributed by atoms with van der Waals surface area (Å²) in [4.78, 5) is 11.2. The molecule has 0 heterocycles. The summed E-state index contributed by atoms with van der Waals surface area (Å²) in [6, 6.07) is 6.14. The summed E-state index contributed by atoms with van der Waals surface area (Å²) in [6.45, 7) is 4.06. The molecule has 1 N–H and O–H groups in total. The Morgan fingerprint density at radius 1 is 1.41 bits per heavy atom. The molecule has 0 unspecified atom stereocenters. The molecule has 0 spiro atoms. The molecule has 4 nitrogen and oxygen atoms in total. The smallest absolute Gasteiger partial charge is 0.355 e. The third-order valence-corrected chi connectivity index (χ3v) is 2.67. The lowest BCUT2D eigenvalue weighted by atomic mass is 10.0. The molecule has 0 amide bonds. The molecule has 0 aliphatic heterocycles. The summed E-state index contributed by atoms with van der Waals surface area (Å²) < 4.78 is 4.51. The Bertz CT molecular complexity index is 438. The van der Waals surface area contributed by atoms with Crippen molar-refractivity contribution in [2.45, 2.75) is 26.7 Å². The van der Waals surface area contributed by atoms with Gasteiger partial charge in [-0.15, -0.1) is 0 Å². The van der Waals surface area contributed by atoms with Crippen molar-refractivity contribution in [3.8, 4) is 0 Å². The molecule has 17 heavy (non-hydrogen) atoms. The van der Waals surface area contributed by atoms with Gasteiger partial charge in [0.15, 0.2) is 5.71 Å². The lowest BCUT2D eigenvalue weighted by molar-refractivity contribution is -0.133. The van der Waals surface area contributed by atoms with E-state index in [0.717, 1.165) is 5.56 Å². The van der Waals surface area contributed by atoms with Crippen LogP contribution >= 0.6 is 0 Å². The van der Waals surface area contributed by atoms with Crippen molar-refractivity contribution in [3.63, 3.8) is 0 Å². The predicted octanol–water partition coefficient (Wildman–Crippen LogP) is 2.24. The highest BCUT2D eigenvalue weighted by molar-refractivity contribution is 6.36. The highest BCUT2D eigenvalue weighted by atomic mass is 16.5. The molecular formula is C13H17NO3. The van der Waals surface area contributed by atoms with Crippen LogP contribution in [0.2, 0.25) is 0 Å². The zero-order valence-corrected chi connectivity index (χ0v) is 10.4. The van der Waals surface area contributed by atoms with Crippen molar-refractivity contribution >= 4 is 11.7 Å². The monoisotopic (exact) mass is 235 g/mol. The van der Waals surface area contributed by atoms with Gasteiger partial charge in [0.2, 0.25) is 0 Å². The van der Waals surface area contributed by atoms with Gasteiger partial charge in [-0.05, 0) is 31.4 Å². The number of aryl methyl sites for hydroxylation is 3. The number of hydrogen-bond donors (Lipinski definition) is 1. The maximum atomic E-state index is 11.2. The number of carbonyl (C=O) groups excluding carboxylic acids is 1. The standard InChI is InChI=1S/C13H17NO3/c1-9-4-5-11(10(2)8-9)6-7-12(14-16)13(15)17-3/h4-5,8,16H,6-7H2,1-3H3/b14-12-. The van der Waals surface area contributed by atoms with Crippen molar-refractivity contribution in [3.05, 3.63) is 34.9 Å². The Morgan fingerprint density at radius 3 is 2.65 bits per heavy atom. The summed E-state index contributed by atoms with van der Waals surface area (Å²) in [5.74, 6) is -0.586. The fraction of sp³-hybridized carbons (Fsp3) is 0.385. The molecule has 0 fully saturated rings. The zero-order valence-electron chi connectivity index (χ0n) is 10.4. The van der Waals surface area contributed by atoms with E-state index in [1.807, 2.05) is 26.0 Å². The number of ether oxygens (including phenoxy) is 1. The minimum atomic E-state index is -0.586. The van der Waals surface area contributed by atoms with E-state index >= 15 is 0 Å². The van der Waals surface area contributed by atoms with E-state index in [0.29, 0.717) is 12.8 Å². The number of carbonyl (C=O) groups is 1. The fourth-order valence-corrected chi connectivity index (χ4v) is 1.69. The average Bonchev–Trinajstić information content (AvgIpc) is 2.31. The van der Waals surface area contributed by atoms with Gasteiger partial charge in [0.25, 0.3) is 0 Å². The second kappa shape index (κ2) is 6.03. The van der Waals surface area contributed by atoms with E-state index < -0.39 is 5.97 Å². The molecular weight excluding hydrogens is 218 g/mol. The fourth-order valence-electron chi connectivity index (χ4n) is 1.69. The molecule has 4 heteroatoms. The first-order valence-electron chi connectivity index (χ1n) is 5.44. The average molecular weight is 235 g/mol. The number of methoxy groups -OCH3 is 1. The topological polar surface area (TPSA) is 58.9 Å². The predicted molar refractivity (Wildman–Crippen MR) is 65.5 cm³/mol. The van der Waals surface area contributed by atoms with Gasteiger partial charge in [0, 0.05) is 6.42 Å². The number of benzene rings is 1. The van der Waals surface area contributed by atoms with Gasteiger partial charge in [0.1, 0.15) is 0 Å². The molecule has 0 aliphatic rings. The summed E-state index contributed by atoms with van der Waals surface area (Å²) in [5.41, 5.74) is 3.57. The van der Waals surface area contributed by atoms with E-state index in [1.165, 1.54) is 18.2 Å². The minimum Gasteiger partial charge on any atom is -0.464 e. The SMILES string of the molecule is COC(=O)/C(CCc1ccc(C)cc1C)=N\O. The number of hydrogen-bond acceptors (Lipinski definition) is 4. The molecule has 0 radical (unpaired) electrons. The van der Waals surface area contributed by atoms with E-state index in [4.69, 9.17) is 5.21 Å². The number of esters is 1. The van der Waals surface area contributed by atoms with Crippen molar-refractivity contribution in [1.29, 1.82) is 0 Å². The molecule has 0 aromatic heterocycles. The van der Waals surface area contributed by atoms with Crippen LogP contribution in [0, 0.1) is 13.8 Å². The molecule has 1 aromatic carbocycles. The molecule has 0 atom stereocenters. The third kappa shape index (κ3) is 3.59. The van der Waals surface area contributed by atoms with Crippen LogP contribution in [0.3, 0.4) is 0 Å². The summed E-state index contributed by atoms with van der Waals surface area (Å²) in [6.07, 6.45) is 1.02. The Labute approximate surface area is 101 Å². The van der Waals surface area contributed by atoms with E-state index in [1.54, 1.807) is 0 Å². The van der Waals surface area contributed by atoms with Gasteiger partial charge in [-0.1, -0.05) is 28.9 Å². The molecule has 1 rings (SSSR count). The molecule has 0 aliphatic carbocycles. The highest BCUT2D eigenvalue weighted by Crippen LogP contribution is 2.13. The normalized spacial score (nSPS) is 11.4. The van der Waals surface area contributed by atoms with Gasteiger partial charge < -0.3 is 9.94 Å². The van der Waals surface area contributed by atoms with Gasteiger partial charge >= 0.3 is 5.97 Å². The Balaban J connectivity index is 2.70. The van der Waals surface area contributed by atoms with Crippen LogP contribution < -0.4 is 0 Å². The molecule has 0 bridgehead atoms. The van der Waals surface area contributed by atoms with Crippen LogP contribution in [0.4, 0.5) is 0 Å². The number of nitrogens with zero attached hydrogens (tertiary/aromatic N) is 1. The first-order valence-corrected chi connectivity index (χ1v) is 5.44. The number of oxime groups is 1. The zero-order chi connectivity index (χ0) is 12.8. The van der Waals surface area contributed by atoms with Crippen LogP contribution in [0.15, 0.2) is 23.4 Å². The lowest BCUT2D eigenvalue weighted by Crippen LogP contribution is -2.16. The van der Waals surface area contributed by atoms with Crippen LogP contribution in [-0.4, -0.2) is 24.0 Å². The van der Waals surface area contributed by atoms with Crippen LogP contribution in [0.25, 0.3) is 0 Å². The Morgan fingerprint density at radius 2 is 2.12 bits per heavy atom. The second-order valence-corrected chi connectivity index (χ2v) is 3.97. The molecule has 0 saturated heterocycles. The van der Waals surface area contributed by atoms with Crippen molar-refractivity contribution in [2.75, 3.05) is 7.11 Å². The van der Waals surface area contributed by atoms with Gasteiger partial charge in [-0.25, -0.2) is 4.79 Å². The van der Waals surface area contributed by atoms with E-state index in [9.17, 15) is 4.79 Å². The maximum absolute atomic E-state index is 11.2. The van der Waals surface area contributed by atoms with Crippen molar-refractivity contribution in [2.24, 2.45) is 5.16 Å². The lowest BCUT2D eigenvalue weighted by Gasteiger charge is -2.07. The Kier molecular flexibility index (Phi) is 4.69. The van der Waals surface area contributed by atoms with Crippen LogP contribution in [0.5, 0.6) is 0 Å². The molecule has 1 aromatic rings. The van der Waals surface area contributed by atoms with Crippen LogP contribution in [-0.2, 0) is 16.0 Å². The molecule has 92 valence electrons. The van der Waals surface area contributed by atoms with Crippen LogP contribution in [0.1, 0.15) is 23.1 Å². The van der Waals surface area contributed by atoms with E-state index in [-0.39, 0.29) is 5.71 Å². The van der Waals surface area contributed by atoms with Crippen molar-refractivity contribution < 1.29 is 14.7 Å². The summed E-state index contributed by atoms with van der Waals surface area (Å²) in [5, 5.41) is 11.7. The quantitative estimate of drug-likeness (QED) is 0.377. The number of rotatable bonds is 4.